The van der Waals surface area contributed by atoms with Gasteiger partial charge in [-0.25, -0.2) is 4.79 Å². The van der Waals surface area contributed by atoms with Gasteiger partial charge in [-0.3, -0.25) is 4.90 Å². The number of piperazine rings is 1. The minimum Gasteiger partial charge on any atom is -0.480 e. The zero-order valence-corrected chi connectivity index (χ0v) is 20.2. The van der Waals surface area contributed by atoms with E-state index in [1.165, 1.54) is 11.1 Å². The molecule has 0 amide bonds. The fourth-order valence-electron chi connectivity index (χ4n) is 2.72. The molecule has 2 aromatic rings. The summed E-state index contributed by atoms with van der Waals surface area (Å²) in [6, 6.07) is 18.4. The molecule has 0 radical (unpaired) electrons. The normalized spacial score (nSPS) is 12.8. The number of aliphatic carboxylic acids is 1. The summed E-state index contributed by atoms with van der Waals surface area (Å²) in [5, 5.41) is 12.3. The molecule has 1 heterocycles. The molecule has 6 heteroatoms. The highest BCUT2D eigenvalue weighted by atomic mass is 35.5. The molecule has 0 aliphatic carbocycles. The molecule has 0 aromatic heterocycles. The first kappa shape index (κ1) is 29.1. The summed E-state index contributed by atoms with van der Waals surface area (Å²) in [4.78, 5) is 12.4. The Morgan fingerprint density at radius 2 is 1.52 bits per heavy atom. The second kappa shape index (κ2) is 20.0. The third-order valence-corrected chi connectivity index (χ3v) is 4.40. The van der Waals surface area contributed by atoms with Crippen molar-refractivity contribution >= 4 is 17.6 Å². The van der Waals surface area contributed by atoms with Crippen LogP contribution in [0.3, 0.4) is 0 Å². The SMILES string of the molecule is CC.CC.Clc1ccc(Cc2ccccc2)cc1.O=C(O)COCCN1CCNCC1. The second-order valence-corrected chi connectivity index (χ2v) is 6.76. The number of hydrogen-bond acceptors (Lipinski definition) is 4. The number of rotatable bonds is 7. The van der Waals surface area contributed by atoms with E-state index in [0.717, 1.165) is 44.2 Å². The van der Waals surface area contributed by atoms with Gasteiger partial charge in [-0.1, -0.05) is 81.8 Å². The predicted molar refractivity (Wildman–Crippen MR) is 131 cm³/mol. The summed E-state index contributed by atoms with van der Waals surface area (Å²) >= 11 is 5.81. The van der Waals surface area contributed by atoms with E-state index in [1.807, 2.05) is 45.9 Å². The van der Waals surface area contributed by atoms with Crippen molar-refractivity contribution in [1.29, 1.82) is 0 Å². The van der Waals surface area contributed by atoms with Crippen molar-refractivity contribution in [3.05, 3.63) is 70.7 Å². The Labute approximate surface area is 193 Å². The predicted octanol–water partition coefficient (Wildman–Crippen LogP) is 4.98. The van der Waals surface area contributed by atoms with Gasteiger partial charge >= 0.3 is 5.97 Å². The van der Waals surface area contributed by atoms with Gasteiger partial charge in [0.2, 0.25) is 0 Å². The number of nitrogens with one attached hydrogen (secondary N) is 1. The lowest BCUT2D eigenvalue weighted by atomic mass is 10.1. The molecule has 0 atom stereocenters. The van der Waals surface area contributed by atoms with Crippen molar-refractivity contribution in [2.45, 2.75) is 34.1 Å². The number of halogens is 1. The van der Waals surface area contributed by atoms with Crippen LogP contribution >= 0.6 is 11.6 Å². The van der Waals surface area contributed by atoms with Crippen LogP contribution in [-0.2, 0) is 16.0 Å². The third-order valence-electron chi connectivity index (χ3n) is 4.15. The van der Waals surface area contributed by atoms with Gasteiger partial charge in [0.15, 0.2) is 0 Å². The molecule has 31 heavy (non-hydrogen) atoms. The van der Waals surface area contributed by atoms with Gasteiger partial charge in [0.25, 0.3) is 0 Å². The fraction of sp³-hybridized carbons (Fsp3) is 0.480. The van der Waals surface area contributed by atoms with Gasteiger partial charge in [-0.05, 0) is 29.7 Å². The Kier molecular flexibility index (Phi) is 18.8. The van der Waals surface area contributed by atoms with Gasteiger partial charge in [0, 0.05) is 37.7 Å². The Bertz CT molecular complexity index is 660. The summed E-state index contributed by atoms with van der Waals surface area (Å²) in [6.45, 7) is 13.2. The molecule has 0 spiro atoms. The molecule has 1 fully saturated rings. The maximum atomic E-state index is 10.1. The number of hydrogen-bond donors (Lipinski definition) is 2. The van der Waals surface area contributed by atoms with E-state index >= 15 is 0 Å². The molecule has 3 rings (SSSR count). The summed E-state index contributed by atoms with van der Waals surface area (Å²) in [5.74, 6) is -0.902. The average molecular weight is 451 g/mol. The molecule has 2 aromatic carbocycles. The van der Waals surface area contributed by atoms with Gasteiger partial charge in [-0.2, -0.15) is 0 Å². The van der Waals surface area contributed by atoms with Crippen molar-refractivity contribution in [2.24, 2.45) is 0 Å². The highest BCUT2D eigenvalue weighted by Crippen LogP contribution is 2.13. The molecule has 1 saturated heterocycles. The molecule has 1 aliphatic heterocycles. The number of ether oxygens (including phenoxy) is 1. The molecule has 0 saturated carbocycles. The van der Waals surface area contributed by atoms with Gasteiger partial charge in [0.1, 0.15) is 6.61 Å². The van der Waals surface area contributed by atoms with Crippen LogP contribution in [0.25, 0.3) is 0 Å². The van der Waals surface area contributed by atoms with Crippen LogP contribution in [0.1, 0.15) is 38.8 Å². The Hall–Kier alpha value is -1.92. The maximum absolute atomic E-state index is 10.1. The summed E-state index contributed by atoms with van der Waals surface area (Å²) in [7, 11) is 0. The van der Waals surface area contributed by atoms with Crippen LogP contribution in [0.2, 0.25) is 5.02 Å². The first-order valence-electron chi connectivity index (χ1n) is 11.1. The van der Waals surface area contributed by atoms with Gasteiger partial charge in [0.05, 0.1) is 6.61 Å². The summed E-state index contributed by atoms with van der Waals surface area (Å²) in [5.41, 5.74) is 2.62. The van der Waals surface area contributed by atoms with E-state index in [-0.39, 0.29) is 6.61 Å². The molecule has 174 valence electrons. The smallest absolute Gasteiger partial charge is 0.329 e. The number of carboxylic acids is 1. The van der Waals surface area contributed by atoms with E-state index < -0.39 is 5.97 Å². The number of carboxylic acid groups (broad SMARTS) is 1. The van der Waals surface area contributed by atoms with E-state index in [0.29, 0.717) is 6.61 Å². The van der Waals surface area contributed by atoms with Crippen molar-refractivity contribution in [3.63, 3.8) is 0 Å². The number of nitrogens with zero attached hydrogens (tertiary/aromatic N) is 1. The van der Waals surface area contributed by atoms with Crippen molar-refractivity contribution in [3.8, 4) is 0 Å². The van der Waals surface area contributed by atoms with Crippen molar-refractivity contribution in [1.82, 2.24) is 10.2 Å². The van der Waals surface area contributed by atoms with Crippen molar-refractivity contribution in [2.75, 3.05) is 45.9 Å². The Morgan fingerprint density at radius 1 is 0.968 bits per heavy atom. The largest absolute Gasteiger partial charge is 0.480 e. The quantitative estimate of drug-likeness (QED) is 0.583. The summed E-state index contributed by atoms with van der Waals surface area (Å²) in [6.07, 6.45) is 0.970. The van der Waals surface area contributed by atoms with Crippen LogP contribution < -0.4 is 5.32 Å². The minimum atomic E-state index is -0.902. The average Bonchev–Trinajstić information content (AvgIpc) is 2.83. The van der Waals surface area contributed by atoms with Gasteiger partial charge in [-0.15, -0.1) is 0 Å². The molecule has 0 bridgehead atoms. The van der Waals surface area contributed by atoms with Crippen LogP contribution in [0, 0.1) is 0 Å². The molecule has 5 nitrogen and oxygen atoms in total. The van der Waals surface area contributed by atoms with E-state index in [4.69, 9.17) is 21.4 Å². The zero-order chi connectivity index (χ0) is 23.3. The van der Waals surface area contributed by atoms with Gasteiger partial charge < -0.3 is 15.2 Å². The minimum absolute atomic E-state index is 0.188. The summed E-state index contributed by atoms with van der Waals surface area (Å²) < 4.78 is 4.94. The lowest BCUT2D eigenvalue weighted by Crippen LogP contribution is -2.44. The number of carbonyl (C=O) groups is 1. The highest BCUT2D eigenvalue weighted by Gasteiger charge is 2.08. The first-order valence-corrected chi connectivity index (χ1v) is 11.5. The van der Waals surface area contributed by atoms with E-state index in [2.05, 4.69) is 46.6 Å². The zero-order valence-electron chi connectivity index (χ0n) is 19.4. The standard InChI is InChI=1S/C13H11Cl.C8H16N2O3.2C2H6/c14-13-8-6-12(7-9-13)10-11-4-2-1-3-5-11;11-8(12)7-13-6-5-10-3-1-9-2-4-10;2*1-2/h1-9H,10H2;9H,1-7H2,(H,11,12);2*1-2H3. The Balaban J connectivity index is 0.000000502. The van der Waals surface area contributed by atoms with Crippen LogP contribution in [-0.4, -0.2) is 61.9 Å². The van der Waals surface area contributed by atoms with E-state index in [1.54, 1.807) is 0 Å². The van der Waals surface area contributed by atoms with Crippen molar-refractivity contribution < 1.29 is 14.6 Å². The lowest BCUT2D eigenvalue weighted by Gasteiger charge is -2.26. The van der Waals surface area contributed by atoms with Crippen LogP contribution in [0.4, 0.5) is 0 Å². The second-order valence-electron chi connectivity index (χ2n) is 6.33. The maximum Gasteiger partial charge on any atom is 0.329 e. The third kappa shape index (κ3) is 15.5. The molecule has 0 unspecified atom stereocenters. The molecular formula is C25H39ClN2O3. The highest BCUT2D eigenvalue weighted by molar-refractivity contribution is 6.30. The molecule has 2 N–H and O–H groups in total. The lowest BCUT2D eigenvalue weighted by molar-refractivity contribution is -0.142. The molecular weight excluding hydrogens is 412 g/mol. The van der Waals surface area contributed by atoms with Crippen LogP contribution in [0.5, 0.6) is 0 Å². The van der Waals surface area contributed by atoms with Crippen LogP contribution in [0.15, 0.2) is 54.6 Å². The molecule has 1 aliphatic rings. The number of benzene rings is 2. The topological polar surface area (TPSA) is 61.8 Å². The first-order chi connectivity index (χ1) is 15.1. The Morgan fingerprint density at radius 3 is 2.06 bits per heavy atom. The fourth-order valence-corrected chi connectivity index (χ4v) is 2.85. The monoisotopic (exact) mass is 450 g/mol. The van der Waals surface area contributed by atoms with E-state index in [9.17, 15) is 4.79 Å².